The van der Waals surface area contributed by atoms with E-state index in [1.54, 1.807) is 32.5 Å². The van der Waals surface area contributed by atoms with Gasteiger partial charge in [-0.05, 0) is 17.5 Å². The maximum absolute atomic E-state index is 12.6. The molecule has 7 heteroatoms. The second-order valence-corrected chi connectivity index (χ2v) is 8.12. The standard InChI is InChI=1S/C15H20N2O3S2/c1-16(2)22(18,19)17(12-14-8-6-10-21-14)11-13-7-4-5-9-15(13)20-3/h4-10H,11-12H2,1-3H3. The summed E-state index contributed by atoms with van der Waals surface area (Å²) in [5.74, 6) is 0.688. The van der Waals surface area contributed by atoms with Gasteiger partial charge < -0.3 is 4.74 Å². The summed E-state index contributed by atoms with van der Waals surface area (Å²) in [6, 6.07) is 11.3. The molecule has 0 atom stereocenters. The van der Waals surface area contributed by atoms with Gasteiger partial charge in [0.15, 0.2) is 0 Å². The zero-order valence-electron chi connectivity index (χ0n) is 12.9. The molecule has 22 heavy (non-hydrogen) atoms. The average Bonchev–Trinajstić information content (AvgIpc) is 3.00. The highest BCUT2D eigenvalue weighted by Crippen LogP contribution is 2.23. The minimum Gasteiger partial charge on any atom is -0.496 e. The Kier molecular flexibility index (Phi) is 5.57. The molecule has 0 N–H and O–H groups in total. The van der Waals surface area contributed by atoms with Gasteiger partial charge in [0.05, 0.1) is 7.11 Å². The van der Waals surface area contributed by atoms with Crippen LogP contribution in [0.2, 0.25) is 0 Å². The number of methoxy groups -OCH3 is 1. The third-order valence-electron chi connectivity index (χ3n) is 3.24. The van der Waals surface area contributed by atoms with Gasteiger partial charge in [0, 0.05) is 37.6 Å². The second-order valence-electron chi connectivity index (χ2n) is 4.95. The van der Waals surface area contributed by atoms with Gasteiger partial charge in [-0.2, -0.15) is 17.0 Å². The van der Waals surface area contributed by atoms with Gasteiger partial charge in [-0.25, -0.2) is 0 Å². The molecule has 0 spiro atoms. The lowest BCUT2D eigenvalue weighted by Gasteiger charge is -2.25. The van der Waals surface area contributed by atoms with E-state index in [1.807, 2.05) is 41.8 Å². The molecule has 2 aromatic rings. The summed E-state index contributed by atoms with van der Waals surface area (Å²) in [6.45, 7) is 0.610. The molecule has 5 nitrogen and oxygen atoms in total. The Morgan fingerprint density at radius 3 is 2.41 bits per heavy atom. The predicted molar refractivity (Wildman–Crippen MR) is 89.2 cm³/mol. The highest BCUT2D eigenvalue weighted by Gasteiger charge is 2.26. The van der Waals surface area contributed by atoms with E-state index in [1.165, 1.54) is 8.61 Å². The number of hydrogen-bond donors (Lipinski definition) is 0. The van der Waals surface area contributed by atoms with Crippen molar-refractivity contribution in [3.05, 3.63) is 52.2 Å². The van der Waals surface area contributed by atoms with E-state index >= 15 is 0 Å². The molecule has 2 rings (SSSR count). The fourth-order valence-corrected chi connectivity index (χ4v) is 3.92. The van der Waals surface area contributed by atoms with Crippen LogP contribution in [-0.2, 0) is 23.3 Å². The Bertz CT molecular complexity index is 697. The van der Waals surface area contributed by atoms with Crippen LogP contribution in [-0.4, -0.2) is 38.2 Å². The van der Waals surface area contributed by atoms with Gasteiger partial charge in [0.2, 0.25) is 0 Å². The fourth-order valence-electron chi connectivity index (χ4n) is 2.05. The summed E-state index contributed by atoms with van der Waals surface area (Å²) in [6.07, 6.45) is 0. The van der Waals surface area contributed by atoms with Crippen molar-refractivity contribution in [3.63, 3.8) is 0 Å². The molecule has 120 valence electrons. The van der Waals surface area contributed by atoms with Gasteiger partial charge in [-0.3, -0.25) is 0 Å². The van der Waals surface area contributed by atoms with E-state index in [2.05, 4.69) is 0 Å². The van der Waals surface area contributed by atoms with Gasteiger partial charge in [0.25, 0.3) is 10.2 Å². The molecule has 0 bridgehead atoms. The Morgan fingerprint density at radius 2 is 1.82 bits per heavy atom. The molecular weight excluding hydrogens is 320 g/mol. The minimum absolute atomic E-state index is 0.266. The first kappa shape index (κ1) is 17.0. The second kappa shape index (κ2) is 7.23. The third-order valence-corrected chi connectivity index (χ3v) is 5.93. The molecule has 0 aliphatic carbocycles. The number of hydrogen-bond acceptors (Lipinski definition) is 4. The monoisotopic (exact) mass is 340 g/mol. The Labute approximate surface area is 135 Å². The number of nitrogens with zero attached hydrogens (tertiary/aromatic N) is 2. The van der Waals surface area contributed by atoms with Crippen molar-refractivity contribution in [2.45, 2.75) is 13.1 Å². The number of thiophene rings is 1. The maximum atomic E-state index is 12.6. The molecule has 1 heterocycles. The summed E-state index contributed by atoms with van der Waals surface area (Å²) in [5, 5.41) is 1.94. The van der Waals surface area contributed by atoms with Gasteiger partial charge >= 0.3 is 0 Å². The van der Waals surface area contributed by atoms with Crippen LogP contribution >= 0.6 is 11.3 Å². The van der Waals surface area contributed by atoms with Crippen LogP contribution in [0.15, 0.2) is 41.8 Å². The largest absolute Gasteiger partial charge is 0.496 e. The van der Waals surface area contributed by atoms with Crippen molar-refractivity contribution in [2.75, 3.05) is 21.2 Å². The quantitative estimate of drug-likeness (QED) is 0.778. The molecule has 0 aliphatic heterocycles. The van der Waals surface area contributed by atoms with Crippen LogP contribution in [0.25, 0.3) is 0 Å². The Hall–Kier alpha value is -1.41. The van der Waals surface area contributed by atoms with Crippen molar-refractivity contribution in [2.24, 2.45) is 0 Å². The summed E-state index contributed by atoms with van der Waals surface area (Å²) in [4.78, 5) is 1.00. The van der Waals surface area contributed by atoms with Crippen LogP contribution in [0.5, 0.6) is 5.75 Å². The SMILES string of the molecule is COc1ccccc1CN(Cc1cccs1)S(=O)(=O)N(C)C. The zero-order valence-corrected chi connectivity index (χ0v) is 14.5. The molecule has 1 aromatic heterocycles. The van der Waals surface area contributed by atoms with Crippen LogP contribution in [0.3, 0.4) is 0 Å². The smallest absolute Gasteiger partial charge is 0.282 e. The van der Waals surface area contributed by atoms with E-state index in [0.717, 1.165) is 10.4 Å². The molecule has 0 amide bonds. The number of ether oxygens (including phenoxy) is 1. The summed E-state index contributed by atoms with van der Waals surface area (Å²) >= 11 is 1.54. The van der Waals surface area contributed by atoms with Crippen LogP contribution in [0.4, 0.5) is 0 Å². The van der Waals surface area contributed by atoms with Gasteiger partial charge in [-0.1, -0.05) is 24.3 Å². The highest BCUT2D eigenvalue weighted by molar-refractivity contribution is 7.86. The number of benzene rings is 1. The van der Waals surface area contributed by atoms with Crippen LogP contribution in [0, 0.1) is 0 Å². The van der Waals surface area contributed by atoms with E-state index in [9.17, 15) is 8.42 Å². The van der Waals surface area contributed by atoms with Crippen molar-refractivity contribution in [3.8, 4) is 5.75 Å². The molecule has 0 saturated heterocycles. The van der Waals surface area contributed by atoms with Crippen LogP contribution in [0.1, 0.15) is 10.4 Å². The molecule has 0 unspecified atom stereocenters. The first-order chi connectivity index (χ1) is 10.4. The summed E-state index contributed by atoms with van der Waals surface area (Å²) < 4.78 is 33.2. The van der Waals surface area contributed by atoms with E-state index in [4.69, 9.17) is 4.74 Å². The van der Waals surface area contributed by atoms with Crippen LogP contribution < -0.4 is 4.74 Å². The van der Waals surface area contributed by atoms with E-state index in [0.29, 0.717) is 12.3 Å². The maximum Gasteiger partial charge on any atom is 0.282 e. The lowest BCUT2D eigenvalue weighted by atomic mass is 10.2. The minimum atomic E-state index is -3.52. The summed E-state index contributed by atoms with van der Waals surface area (Å²) in [5.41, 5.74) is 0.840. The average molecular weight is 340 g/mol. The molecule has 0 aliphatic rings. The molecule has 0 radical (unpaired) electrons. The van der Waals surface area contributed by atoms with Crippen molar-refractivity contribution in [1.82, 2.24) is 8.61 Å². The zero-order chi connectivity index (χ0) is 16.2. The summed E-state index contributed by atoms with van der Waals surface area (Å²) in [7, 11) is 1.15. The van der Waals surface area contributed by atoms with Crippen molar-refractivity contribution >= 4 is 21.5 Å². The van der Waals surface area contributed by atoms with E-state index < -0.39 is 10.2 Å². The highest BCUT2D eigenvalue weighted by atomic mass is 32.2. The predicted octanol–water partition coefficient (Wildman–Crippen LogP) is 2.57. The number of para-hydroxylation sites is 1. The molecule has 0 saturated carbocycles. The van der Waals surface area contributed by atoms with Gasteiger partial charge in [-0.15, -0.1) is 11.3 Å². The van der Waals surface area contributed by atoms with Crippen molar-refractivity contribution in [1.29, 1.82) is 0 Å². The van der Waals surface area contributed by atoms with Crippen molar-refractivity contribution < 1.29 is 13.2 Å². The fraction of sp³-hybridized carbons (Fsp3) is 0.333. The molecule has 0 fully saturated rings. The lowest BCUT2D eigenvalue weighted by Crippen LogP contribution is -2.39. The molecule has 1 aromatic carbocycles. The number of rotatable bonds is 7. The third kappa shape index (κ3) is 3.86. The topological polar surface area (TPSA) is 49.9 Å². The van der Waals surface area contributed by atoms with E-state index in [-0.39, 0.29) is 6.54 Å². The first-order valence-electron chi connectivity index (χ1n) is 6.77. The van der Waals surface area contributed by atoms with Gasteiger partial charge in [0.1, 0.15) is 5.75 Å². The normalized spacial score (nSPS) is 12.0. The Balaban J connectivity index is 2.32. The Morgan fingerprint density at radius 1 is 1.09 bits per heavy atom. The lowest BCUT2D eigenvalue weighted by molar-refractivity contribution is 0.354. The first-order valence-corrected chi connectivity index (χ1v) is 9.04. The molecular formula is C15H20N2O3S2.